The number of carboxylic acid groups (broad SMARTS) is 1. The lowest BCUT2D eigenvalue weighted by Crippen LogP contribution is -2.43. The summed E-state index contributed by atoms with van der Waals surface area (Å²) in [6.45, 7) is 3.05. The number of likely N-dealkylation sites (tertiary alicyclic amines) is 1. The summed E-state index contributed by atoms with van der Waals surface area (Å²) in [5.41, 5.74) is 1.20. The van der Waals surface area contributed by atoms with Crippen LogP contribution in [0.3, 0.4) is 0 Å². The van der Waals surface area contributed by atoms with E-state index in [1.54, 1.807) is 4.90 Å². The van der Waals surface area contributed by atoms with Crippen LogP contribution in [0.4, 0.5) is 0 Å². The zero-order valence-electron chi connectivity index (χ0n) is 11.5. The lowest BCUT2D eigenvalue weighted by atomic mass is 9.98. The van der Waals surface area contributed by atoms with Gasteiger partial charge in [0, 0.05) is 18.0 Å². The van der Waals surface area contributed by atoms with Crippen molar-refractivity contribution in [2.24, 2.45) is 5.92 Å². The van der Waals surface area contributed by atoms with Crippen molar-refractivity contribution in [2.75, 3.05) is 18.8 Å². The average Bonchev–Trinajstić information content (AvgIpc) is 2.46. The van der Waals surface area contributed by atoms with Crippen molar-refractivity contribution in [3.8, 4) is 0 Å². The first-order valence-corrected chi connectivity index (χ1v) is 7.75. The molecule has 1 N–H and O–H groups in total. The number of amides is 1. The molecular formula is C15H19NO3S. The fraction of sp³-hybridized carbons (Fsp3) is 0.467. The van der Waals surface area contributed by atoms with Crippen molar-refractivity contribution in [2.45, 2.75) is 24.7 Å². The van der Waals surface area contributed by atoms with E-state index >= 15 is 0 Å². The number of hydrogen-bond donors (Lipinski definition) is 1. The van der Waals surface area contributed by atoms with Gasteiger partial charge in [0.15, 0.2) is 0 Å². The van der Waals surface area contributed by atoms with Gasteiger partial charge >= 0.3 is 5.97 Å². The Bertz CT molecular complexity index is 486. The molecule has 1 heterocycles. The molecule has 4 nitrogen and oxygen atoms in total. The minimum absolute atomic E-state index is 0.0292. The molecule has 1 atom stereocenters. The largest absolute Gasteiger partial charge is 0.481 e. The standard InChI is InChI=1S/C15H19NO3S/c1-11-4-6-13(7-5-11)20-10-14(17)16-8-2-3-12(9-16)15(18)19/h4-7,12H,2-3,8-10H2,1H3,(H,18,19). The third-order valence-corrected chi connectivity index (χ3v) is 4.50. The molecule has 1 amide bonds. The van der Waals surface area contributed by atoms with Crippen LogP contribution >= 0.6 is 11.8 Å². The number of nitrogens with zero attached hydrogens (tertiary/aromatic N) is 1. The van der Waals surface area contributed by atoms with Gasteiger partial charge in [-0.1, -0.05) is 17.7 Å². The van der Waals surface area contributed by atoms with Crippen molar-refractivity contribution >= 4 is 23.6 Å². The number of aliphatic carboxylic acids is 1. The second-order valence-electron chi connectivity index (χ2n) is 5.12. The van der Waals surface area contributed by atoms with E-state index in [4.69, 9.17) is 5.11 Å². The van der Waals surface area contributed by atoms with Crippen LogP contribution in [0.25, 0.3) is 0 Å². The van der Waals surface area contributed by atoms with Gasteiger partial charge in [0.05, 0.1) is 11.7 Å². The fourth-order valence-corrected chi connectivity index (χ4v) is 3.08. The van der Waals surface area contributed by atoms with Gasteiger partial charge < -0.3 is 10.0 Å². The van der Waals surface area contributed by atoms with Gasteiger partial charge in [0.2, 0.25) is 5.91 Å². The van der Waals surface area contributed by atoms with Crippen LogP contribution in [0, 0.1) is 12.8 Å². The van der Waals surface area contributed by atoms with Crippen LogP contribution in [0.5, 0.6) is 0 Å². The minimum atomic E-state index is -0.798. The van der Waals surface area contributed by atoms with Crippen LogP contribution < -0.4 is 0 Å². The maximum absolute atomic E-state index is 12.1. The van der Waals surface area contributed by atoms with Gasteiger partial charge in [0.25, 0.3) is 0 Å². The molecule has 0 aromatic heterocycles. The first-order chi connectivity index (χ1) is 9.56. The molecule has 20 heavy (non-hydrogen) atoms. The van der Waals surface area contributed by atoms with E-state index in [0.29, 0.717) is 25.3 Å². The monoisotopic (exact) mass is 293 g/mol. The molecule has 1 aliphatic heterocycles. The molecule has 1 fully saturated rings. The number of thioether (sulfide) groups is 1. The van der Waals surface area contributed by atoms with Crippen molar-refractivity contribution in [1.82, 2.24) is 4.90 Å². The molecule has 2 rings (SSSR count). The van der Waals surface area contributed by atoms with Gasteiger partial charge in [-0.15, -0.1) is 11.8 Å². The third-order valence-electron chi connectivity index (χ3n) is 3.51. The molecule has 1 unspecified atom stereocenters. The molecule has 0 bridgehead atoms. The highest BCUT2D eigenvalue weighted by Crippen LogP contribution is 2.21. The van der Waals surface area contributed by atoms with Gasteiger partial charge in [0.1, 0.15) is 0 Å². The lowest BCUT2D eigenvalue weighted by molar-refractivity contribution is -0.145. The summed E-state index contributed by atoms with van der Waals surface area (Å²) in [6, 6.07) is 8.05. The van der Waals surface area contributed by atoms with E-state index in [9.17, 15) is 9.59 Å². The summed E-state index contributed by atoms with van der Waals surface area (Å²) in [5.74, 6) is -0.803. The van der Waals surface area contributed by atoms with E-state index in [2.05, 4.69) is 0 Å². The molecule has 0 saturated carbocycles. The number of hydrogen-bond acceptors (Lipinski definition) is 3. The molecule has 1 aliphatic rings. The van der Waals surface area contributed by atoms with Gasteiger partial charge in [-0.2, -0.15) is 0 Å². The highest BCUT2D eigenvalue weighted by molar-refractivity contribution is 8.00. The van der Waals surface area contributed by atoms with Crippen molar-refractivity contribution in [3.05, 3.63) is 29.8 Å². The molecule has 0 radical (unpaired) electrons. The highest BCUT2D eigenvalue weighted by atomic mass is 32.2. The third kappa shape index (κ3) is 4.00. The summed E-state index contributed by atoms with van der Waals surface area (Å²) < 4.78 is 0. The van der Waals surface area contributed by atoms with Crippen molar-refractivity contribution < 1.29 is 14.7 Å². The second-order valence-corrected chi connectivity index (χ2v) is 6.17. The first-order valence-electron chi connectivity index (χ1n) is 6.76. The Balaban J connectivity index is 1.85. The summed E-state index contributed by atoms with van der Waals surface area (Å²) in [4.78, 5) is 25.9. The maximum Gasteiger partial charge on any atom is 0.308 e. The Labute approximate surface area is 123 Å². The molecule has 5 heteroatoms. The topological polar surface area (TPSA) is 57.6 Å². The Morgan fingerprint density at radius 1 is 1.35 bits per heavy atom. The van der Waals surface area contributed by atoms with Gasteiger partial charge in [-0.3, -0.25) is 9.59 Å². The quantitative estimate of drug-likeness (QED) is 0.866. The molecule has 1 aromatic rings. The van der Waals surface area contributed by atoms with E-state index in [1.807, 2.05) is 31.2 Å². The number of carboxylic acids is 1. The Hall–Kier alpha value is -1.49. The predicted octanol–water partition coefficient (Wildman–Crippen LogP) is 2.41. The SMILES string of the molecule is Cc1ccc(SCC(=O)N2CCCC(C(=O)O)C2)cc1. The van der Waals surface area contributed by atoms with E-state index in [-0.39, 0.29) is 5.91 Å². The maximum atomic E-state index is 12.1. The lowest BCUT2D eigenvalue weighted by Gasteiger charge is -2.30. The van der Waals surface area contributed by atoms with E-state index < -0.39 is 11.9 Å². The molecule has 108 valence electrons. The Morgan fingerprint density at radius 2 is 2.05 bits per heavy atom. The second kappa shape index (κ2) is 6.79. The minimum Gasteiger partial charge on any atom is -0.481 e. The molecule has 0 spiro atoms. The number of carbonyl (C=O) groups excluding carboxylic acids is 1. The summed E-state index contributed by atoms with van der Waals surface area (Å²) in [5, 5.41) is 9.03. The zero-order chi connectivity index (χ0) is 14.5. The van der Waals surface area contributed by atoms with Crippen molar-refractivity contribution in [1.29, 1.82) is 0 Å². The van der Waals surface area contributed by atoms with Crippen LogP contribution in [-0.2, 0) is 9.59 Å². The van der Waals surface area contributed by atoms with Gasteiger partial charge in [-0.25, -0.2) is 0 Å². The van der Waals surface area contributed by atoms with Crippen LogP contribution in [0.2, 0.25) is 0 Å². The van der Waals surface area contributed by atoms with Gasteiger partial charge in [-0.05, 0) is 31.9 Å². The normalized spacial score (nSPS) is 18.9. The van der Waals surface area contributed by atoms with Crippen LogP contribution in [0.1, 0.15) is 18.4 Å². The zero-order valence-corrected chi connectivity index (χ0v) is 12.4. The summed E-state index contributed by atoms with van der Waals surface area (Å²) in [6.07, 6.45) is 1.45. The molecule has 1 saturated heterocycles. The number of carbonyl (C=O) groups is 2. The molecule has 0 aliphatic carbocycles. The van der Waals surface area contributed by atoms with E-state index in [1.165, 1.54) is 17.3 Å². The summed E-state index contributed by atoms with van der Waals surface area (Å²) in [7, 11) is 0. The van der Waals surface area contributed by atoms with E-state index in [0.717, 1.165) is 11.3 Å². The number of rotatable bonds is 4. The highest BCUT2D eigenvalue weighted by Gasteiger charge is 2.27. The van der Waals surface area contributed by atoms with Crippen molar-refractivity contribution in [3.63, 3.8) is 0 Å². The van der Waals surface area contributed by atoms with Crippen LogP contribution in [-0.4, -0.2) is 40.7 Å². The van der Waals surface area contributed by atoms with Crippen LogP contribution in [0.15, 0.2) is 29.2 Å². The number of benzene rings is 1. The number of piperidine rings is 1. The predicted molar refractivity (Wildman–Crippen MR) is 78.8 cm³/mol. The summed E-state index contributed by atoms with van der Waals surface area (Å²) >= 11 is 1.50. The average molecular weight is 293 g/mol. The Kier molecular flexibility index (Phi) is 5.06. The fourth-order valence-electron chi connectivity index (χ4n) is 2.28. The smallest absolute Gasteiger partial charge is 0.308 e. The molecule has 1 aromatic carbocycles. The molecular weight excluding hydrogens is 274 g/mol. The number of aryl methyl sites for hydroxylation is 1. The first kappa shape index (κ1) is 14.9. The Morgan fingerprint density at radius 3 is 2.70 bits per heavy atom.